The van der Waals surface area contributed by atoms with Crippen LogP contribution < -0.4 is 10.1 Å². The molecule has 0 atom stereocenters. The largest absolute Gasteiger partial charge is 0.491 e. The van der Waals surface area contributed by atoms with Gasteiger partial charge in [0.1, 0.15) is 5.75 Å². The molecule has 0 radical (unpaired) electrons. The minimum atomic E-state index is -0.0934. The Morgan fingerprint density at radius 2 is 2.24 bits per heavy atom. The topological polar surface area (TPSA) is 38.3 Å². The Labute approximate surface area is 102 Å². The van der Waals surface area contributed by atoms with E-state index < -0.39 is 0 Å². The van der Waals surface area contributed by atoms with Crippen LogP contribution in [0.4, 0.5) is 0 Å². The van der Waals surface area contributed by atoms with Crippen molar-refractivity contribution in [2.24, 2.45) is 0 Å². The molecule has 0 bridgehead atoms. The predicted octanol–water partition coefficient (Wildman–Crippen LogP) is 2.70. The number of hydrogen-bond donors (Lipinski definition) is 1. The number of hydrogen-bond acceptors (Lipinski definition) is 2. The molecule has 92 valence electrons. The summed E-state index contributed by atoms with van der Waals surface area (Å²) in [7, 11) is 0. The molecule has 0 aromatic heterocycles. The van der Waals surface area contributed by atoms with Crippen LogP contribution in [0.2, 0.25) is 0 Å². The van der Waals surface area contributed by atoms with E-state index in [4.69, 9.17) is 4.74 Å². The smallest absolute Gasteiger partial charge is 0.251 e. The van der Waals surface area contributed by atoms with Crippen LogP contribution >= 0.6 is 0 Å². The SMILES string of the molecule is C=CCNC(=O)c1ccc(OC(C)C)c(C)c1. The van der Waals surface area contributed by atoms with E-state index in [0.29, 0.717) is 12.1 Å². The van der Waals surface area contributed by atoms with E-state index in [2.05, 4.69) is 11.9 Å². The van der Waals surface area contributed by atoms with E-state index in [-0.39, 0.29) is 12.0 Å². The summed E-state index contributed by atoms with van der Waals surface area (Å²) < 4.78 is 5.61. The molecule has 1 aromatic carbocycles. The summed E-state index contributed by atoms with van der Waals surface area (Å²) >= 11 is 0. The third kappa shape index (κ3) is 3.94. The average molecular weight is 233 g/mol. The summed E-state index contributed by atoms with van der Waals surface area (Å²) in [6.07, 6.45) is 1.79. The van der Waals surface area contributed by atoms with Crippen LogP contribution in [0.1, 0.15) is 29.8 Å². The fourth-order valence-electron chi connectivity index (χ4n) is 1.44. The lowest BCUT2D eigenvalue weighted by atomic mass is 10.1. The lowest BCUT2D eigenvalue weighted by molar-refractivity contribution is 0.0958. The van der Waals surface area contributed by atoms with Crippen molar-refractivity contribution in [2.75, 3.05) is 6.54 Å². The van der Waals surface area contributed by atoms with Crippen LogP contribution in [0.25, 0.3) is 0 Å². The zero-order valence-electron chi connectivity index (χ0n) is 10.6. The number of amides is 1. The van der Waals surface area contributed by atoms with Gasteiger partial charge in [-0.1, -0.05) is 6.08 Å². The monoisotopic (exact) mass is 233 g/mol. The van der Waals surface area contributed by atoms with Crippen molar-refractivity contribution in [3.63, 3.8) is 0 Å². The first-order valence-electron chi connectivity index (χ1n) is 5.71. The normalized spacial score (nSPS) is 10.1. The molecular formula is C14H19NO2. The first kappa shape index (κ1) is 13.3. The van der Waals surface area contributed by atoms with Crippen LogP contribution in [0, 0.1) is 6.92 Å². The maximum atomic E-state index is 11.7. The lowest BCUT2D eigenvalue weighted by Gasteiger charge is -2.13. The molecule has 17 heavy (non-hydrogen) atoms. The van der Waals surface area contributed by atoms with Crippen molar-refractivity contribution in [3.8, 4) is 5.75 Å². The lowest BCUT2D eigenvalue weighted by Crippen LogP contribution is -2.23. The molecule has 0 heterocycles. The number of nitrogens with one attached hydrogen (secondary N) is 1. The number of ether oxygens (including phenoxy) is 1. The average Bonchev–Trinajstić information content (AvgIpc) is 2.28. The standard InChI is InChI=1S/C14H19NO2/c1-5-8-15-14(16)12-6-7-13(11(4)9-12)17-10(2)3/h5-7,9-10H,1,8H2,2-4H3,(H,15,16). The van der Waals surface area contributed by atoms with Gasteiger partial charge in [0.25, 0.3) is 5.91 Å². The van der Waals surface area contributed by atoms with Crippen LogP contribution in [-0.2, 0) is 0 Å². The van der Waals surface area contributed by atoms with Crippen molar-refractivity contribution in [2.45, 2.75) is 26.9 Å². The van der Waals surface area contributed by atoms with Crippen molar-refractivity contribution < 1.29 is 9.53 Å². The van der Waals surface area contributed by atoms with Gasteiger partial charge in [-0.15, -0.1) is 6.58 Å². The van der Waals surface area contributed by atoms with Gasteiger partial charge in [0.05, 0.1) is 6.10 Å². The van der Waals surface area contributed by atoms with Crippen LogP contribution in [-0.4, -0.2) is 18.6 Å². The summed E-state index contributed by atoms with van der Waals surface area (Å²) in [6.45, 7) is 9.92. The van der Waals surface area contributed by atoms with Gasteiger partial charge in [0.2, 0.25) is 0 Å². The molecule has 0 unspecified atom stereocenters. The molecule has 0 aliphatic heterocycles. The van der Waals surface area contributed by atoms with Gasteiger partial charge in [-0.25, -0.2) is 0 Å². The maximum absolute atomic E-state index is 11.7. The number of rotatable bonds is 5. The van der Waals surface area contributed by atoms with E-state index in [1.54, 1.807) is 12.1 Å². The van der Waals surface area contributed by atoms with Crippen molar-refractivity contribution >= 4 is 5.91 Å². The molecule has 0 aliphatic rings. The summed E-state index contributed by atoms with van der Waals surface area (Å²) in [6, 6.07) is 5.43. The fourth-order valence-corrected chi connectivity index (χ4v) is 1.44. The van der Waals surface area contributed by atoms with Crippen molar-refractivity contribution in [1.82, 2.24) is 5.32 Å². The number of carbonyl (C=O) groups excluding carboxylic acids is 1. The highest BCUT2D eigenvalue weighted by atomic mass is 16.5. The first-order chi connectivity index (χ1) is 8.04. The molecule has 3 heteroatoms. The Bertz CT molecular complexity index is 411. The van der Waals surface area contributed by atoms with Crippen molar-refractivity contribution in [3.05, 3.63) is 42.0 Å². The molecule has 1 rings (SSSR count). The van der Waals surface area contributed by atoms with E-state index in [9.17, 15) is 4.79 Å². The molecule has 1 N–H and O–H groups in total. The van der Waals surface area contributed by atoms with Gasteiger partial charge in [-0.2, -0.15) is 0 Å². The molecule has 0 fully saturated rings. The Hall–Kier alpha value is -1.77. The Kier molecular flexibility index (Phi) is 4.76. The summed E-state index contributed by atoms with van der Waals surface area (Å²) in [4.78, 5) is 11.7. The molecular weight excluding hydrogens is 214 g/mol. The Balaban J connectivity index is 2.81. The molecule has 0 saturated heterocycles. The van der Waals surface area contributed by atoms with Gasteiger partial charge < -0.3 is 10.1 Å². The molecule has 1 aromatic rings. The van der Waals surface area contributed by atoms with Gasteiger partial charge in [-0.3, -0.25) is 4.79 Å². The van der Waals surface area contributed by atoms with Gasteiger partial charge >= 0.3 is 0 Å². The highest BCUT2D eigenvalue weighted by molar-refractivity contribution is 5.94. The van der Waals surface area contributed by atoms with E-state index in [0.717, 1.165) is 11.3 Å². The molecule has 0 aliphatic carbocycles. The predicted molar refractivity (Wildman–Crippen MR) is 69.5 cm³/mol. The van der Waals surface area contributed by atoms with Gasteiger partial charge in [0.15, 0.2) is 0 Å². The maximum Gasteiger partial charge on any atom is 0.251 e. The van der Waals surface area contributed by atoms with E-state index in [1.165, 1.54) is 0 Å². The summed E-state index contributed by atoms with van der Waals surface area (Å²) in [5, 5.41) is 2.74. The second-order valence-corrected chi connectivity index (χ2v) is 4.15. The third-order valence-electron chi connectivity index (χ3n) is 2.21. The number of carbonyl (C=O) groups is 1. The van der Waals surface area contributed by atoms with Crippen molar-refractivity contribution in [1.29, 1.82) is 0 Å². The molecule has 0 saturated carbocycles. The second kappa shape index (κ2) is 6.09. The summed E-state index contributed by atoms with van der Waals surface area (Å²) in [5.74, 6) is 0.726. The Morgan fingerprint density at radius 1 is 1.53 bits per heavy atom. The van der Waals surface area contributed by atoms with E-state index in [1.807, 2.05) is 32.9 Å². The van der Waals surface area contributed by atoms with Gasteiger partial charge in [-0.05, 0) is 44.5 Å². The van der Waals surface area contributed by atoms with Gasteiger partial charge in [0, 0.05) is 12.1 Å². The highest BCUT2D eigenvalue weighted by Crippen LogP contribution is 2.20. The quantitative estimate of drug-likeness (QED) is 0.794. The minimum absolute atomic E-state index is 0.0934. The Morgan fingerprint density at radius 3 is 2.76 bits per heavy atom. The fraction of sp³-hybridized carbons (Fsp3) is 0.357. The summed E-state index contributed by atoms with van der Waals surface area (Å²) in [5.41, 5.74) is 1.60. The van der Waals surface area contributed by atoms with Crippen LogP contribution in [0.5, 0.6) is 5.75 Å². The van der Waals surface area contributed by atoms with E-state index >= 15 is 0 Å². The minimum Gasteiger partial charge on any atom is -0.491 e. The van der Waals surface area contributed by atoms with Crippen LogP contribution in [0.15, 0.2) is 30.9 Å². The second-order valence-electron chi connectivity index (χ2n) is 4.15. The first-order valence-corrected chi connectivity index (χ1v) is 5.71. The zero-order chi connectivity index (χ0) is 12.8. The zero-order valence-corrected chi connectivity index (χ0v) is 10.6. The molecule has 1 amide bonds. The molecule has 3 nitrogen and oxygen atoms in total. The molecule has 0 spiro atoms. The highest BCUT2D eigenvalue weighted by Gasteiger charge is 2.08. The van der Waals surface area contributed by atoms with Crippen LogP contribution in [0.3, 0.4) is 0 Å². The number of benzene rings is 1. The third-order valence-corrected chi connectivity index (χ3v) is 2.21. The number of aryl methyl sites for hydroxylation is 1.